The molecule has 0 saturated carbocycles. The van der Waals surface area contributed by atoms with Crippen molar-refractivity contribution in [2.75, 3.05) is 0 Å². The van der Waals surface area contributed by atoms with Gasteiger partial charge in [-0.05, 0) is 26.3 Å². The van der Waals surface area contributed by atoms with Crippen molar-refractivity contribution in [2.24, 2.45) is 0 Å². The van der Waals surface area contributed by atoms with Crippen LogP contribution in [0, 0.1) is 0 Å². The van der Waals surface area contributed by atoms with Gasteiger partial charge in [-0.25, -0.2) is 4.79 Å². The SMILES string of the molecule is CC(C)(C)OC(=O)C(Br)(C(=O)c1ccccc1)c1ccccc1. The number of hydrogen-bond donors (Lipinski definition) is 0. The summed E-state index contributed by atoms with van der Waals surface area (Å²) in [7, 11) is 0. The van der Waals surface area contributed by atoms with Gasteiger partial charge in [-0.3, -0.25) is 4.79 Å². The maximum Gasteiger partial charge on any atom is 0.336 e. The van der Waals surface area contributed by atoms with Gasteiger partial charge in [-0.15, -0.1) is 0 Å². The topological polar surface area (TPSA) is 43.4 Å². The van der Waals surface area contributed by atoms with Crippen LogP contribution in [-0.4, -0.2) is 17.4 Å². The van der Waals surface area contributed by atoms with Crippen LogP contribution in [0.4, 0.5) is 0 Å². The molecule has 0 spiro atoms. The predicted molar refractivity (Wildman–Crippen MR) is 93.7 cm³/mol. The van der Waals surface area contributed by atoms with Crippen LogP contribution in [0.5, 0.6) is 0 Å². The van der Waals surface area contributed by atoms with E-state index in [1.165, 1.54) is 0 Å². The van der Waals surface area contributed by atoms with Gasteiger partial charge in [-0.2, -0.15) is 0 Å². The Morgan fingerprint density at radius 3 is 1.83 bits per heavy atom. The second-order valence-corrected chi connectivity index (χ2v) is 7.41. The Hall–Kier alpha value is -1.94. The first-order chi connectivity index (χ1) is 10.7. The van der Waals surface area contributed by atoms with E-state index >= 15 is 0 Å². The van der Waals surface area contributed by atoms with Crippen molar-refractivity contribution in [3.63, 3.8) is 0 Å². The highest BCUT2D eigenvalue weighted by Crippen LogP contribution is 2.37. The molecule has 0 fully saturated rings. The molecule has 0 saturated heterocycles. The minimum atomic E-state index is -1.57. The number of esters is 1. The molecule has 2 rings (SSSR count). The van der Waals surface area contributed by atoms with Gasteiger partial charge in [0.15, 0.2) is 5.78 Å². The first-order valence-corrected chi connectivity index (χ1v) is 8.12. The zero-order chi connectivity index (χ0) is 17.1. The highest BCUT2D eigenvalue weighted by atomic mass is 79.9. The highest BCUT2D eigenvalue weighted by molar-refractivity contribution is 9.10. The van der Waals surface area contributed by atoms with Crippen LogP contribution in [-0.2, 0) is 13.9 Å². The maximum atomic E-state index is 13.0. The molecule has 23 heavy (non-hydrogen) atoms. The van der Waals surface area contributed by atoms with E-state index in [-0.39, 0.29) is 5.78 Å². The van der Waals surface area contributed by atoms with Gasteiger partial charge in [0.05, 0.1) is 0 Å². The molecule has 0 aliphatic carbocycles. The number of rotatable bonds is 4. The lowest BCUT2D eigenvalue weighted by atomic mass is 9.90. The number of Topliss-reactive ketones (excluding diaryl/α,β-unsaturated/α-hetero) is 1. The normalized spacial score (nSPS) is 13.9. The maximum absolute atomic E-state index is 13.0. The Morgan fingerprint density at radius 2 is 1.35 bits per heavy atom. The lowest BCUT2D eigenvalue weighted by Crippen LogP contribution is -2.42. The summed E-state index contributed by atoms with van der Waals surface area (Å²) in [5.41, 5.74) is 0.296. The van der Waals surface area contributed by atoms with Crippen molar-refractivity contribution in [2.45, 2.75) is 30.7 Å². The van der Waals surface area contributed by atoms with Gasteiger partial charge in [0, 0.05) is 5.56 Å². The number of carbonyl (C=O) groups is 2. The summed E-state index contributed by atoms with van der Waals surface area (Å²) in [6.45, 7) is 5.32. The van der Waals surface area contributed by atoms with E-state index in [1.54, 1.807) is 69.3 Å². The average Bonchev–Trinajstić information content (AvgIpc) is 2.53. The molecular weight excluding hydrogens is 356 g/mol. The van der Waals surface area contributed by atoms with Crippen molar-refractivity contribution in [1.29, 1.82) is 0 Å². The Labute approximate surface area is 144 Å². The van der Waals surface area contributed by atoms with Crippen LogP contribution in [0.25, 0.3) is 0 Å². The van der Waals surface area contributed by atoms with Gasteiger partial charge in [0.1, 0.15) is 5.60 Å². The summed E-state index contributed by atoms with van der Waals surface area (Å²) in [5, 5.41) is 0. The van der Waals surface area contributed by atoms with Crippen LogP contribution in [0.15, 0.2) is 60.7 Å². The largest absolute Gasteiger partial charge is 0.458 e. The Balaban J connectivity index is 2.52. The summed E-state index contributed by atoms with van der Waals surface area (Å²) >= 11 is 3.39. The van der Waals surface area contributed by atoms with Crippen molar-refractivity contribution in [3.8, 4) is 0 Å². The van der Waals surface area contributed by atoms with Gasteiger partial charge in [-0.1, -0.05) is 76.6 Å². The highest BCUT2D eigenvalue weighted by Gasteiger charge is 2.48. The lowest BCUT2D eigenvalue weighted by molar-refractivity contribution is -0.156. The number of hydrogen-bond acceptors (Lipinski definition) is 3. The van der Waals surface area contributed by atoms with E-state index in [2.05, 4.69) is 15.9 Å². The third kappa shape index (κ3) is 3.88. The van der Waals surface area contributed by atoms with E-state index < -0.39 is 15.9 Å². The number of alkyl halides is 1. The Bertz CT molecular complexity index is 690. The summed E-state index contributed by atoms with van der Waals surface area (Å²) in [5.74, 6) is -0.969. The number of ether oxygens (including phenoxy) is 1. The molecule has 0 amide bonds. The second kappa shape index (κ2) is 6.67. The lowest BCUT2D eigenvalue weighted by Gasteiger charge is -2.29. The van der Waals surface area contributed by atoms with Gasteiger partial charge in [0.25, 0.3) is 0 Å². The van der Waals surface area contributed by atoms with E-state index in [1.807, 2.05) is 12.1 Å². The van der Waals surface area contributed by atoms with Gasteiger partial charge < -0.3 is 4.74 Å². The molecule has 2 aromatic carbocycles. The minimum Gasteiger partial charge on any atom is -0.458 e. The zero-order valence-electron chi connectivity index (χ0n) is 13.4. The standard InChI is InChI=1S/C19H19BrO3/c1-18(2,3)23-17(22)19(20,15-12-8-5-9-13-15)16(21)14-10-6-4-7-11-14/h4-13H,1-3H3. The van der Waals surface area contributed by atoms with Crippen molar-refractivity contribution >= 4 is 27.7 Å². The fourth-order valence-electron chi connectivity index (χ4n) is 2.15. The predicted octanol–water partition coefficient (Wildman–Crippen LogP) is 4.50. The van der Waals surface area contributed by atoms with Crippen molar-refractivity contribution in [3.05, 3.63) is 71.8 Å². The molecule has 0 radical (unpaired) electrons. The smallest absolute Gasteiger partial charge is 0.336 e. The number of benzene rings is 2. The third-order valence-electron chi connectivity index (χ3n) is 3.20. The van der Waals surface area contributed by atoms with Crippen molar-refractivity contribution < 1.29 is 14.3 Å². The van der Waals surface area contributed by atoms with Crippen LogP contribution in [0.3, 0.4) is 0 Å². The summed E-state index contributed by atoms with van der Waals surface area (Å²) in [4.78, 5) is 25.9. The molecule has 0 aromatic heterocycles. The Kier molecular flexibility index (Phi) is 5.05. The second-order valence-electron chi connectivity index (χ2n) is 6.22. The first kappa shape index (κ1) is 17.4. The Morgan fingerprint density at radius 1 is 0.870 bits per heavy atom. The van der Waals surface area contributed by atoms with E-state index in [0.717, 1.165) is 0 Å². The fraction of sp³-hybridized carbons (Fsp3) is 0.263. The van der Waals surface area contributed by atoms with E-state index in [4.69, 9.17) is 4.74 Å². The molecule has 2 aromatic rings. The molecule has 0 heterocycles. The molecule has 0 N–H and O–H groups in total. The van der Waals surface area contributed by atoms with Crippen LogP contribution in [0.1, 0.15) is 36.7 Å². The molecule has 120 valence electrons. The average molecular weight is 375 g/mol. The van der Waals surface area contributed by atoms with Crippen LogP contribution >= 0.6 is 15.9 Å². The minimum absolute atomic E-state index is 0.349. The molecule has 0 aliphatic rings. The number of carbonyl (C=O) groups excluding carboxylic acids is 2. The number of halogens is 1. The van der Waals surface area contributed by atoms with Gasteiger partial charge >= 0.3 is 5.97 Å². The van der Waals surface area contributed by atoms with Crippen LogP contribution < -0.4 is 0 Å². The van der Waals surface area contributed by atoms with Crippen LogP contribution in [0.2, 0.25) is 0 Å². The van der Waals surface area contributed by atoms with E-state index in [9.17, 15) is 9.59 Å². The molecule has 0 bridgehead atoms. The zero-order valence-corrected chi connectivity index (χ0v) is 15.0. The number of ketones is 1. The summed E-state index contributed by atoms with van der Waals surface area (Å²) in [6.07, 6.45) is 0. The van der Waals surface area contributed by atoms with Crippen molar-refractivity contribution in [1.82, 2.24) is 0 Å². The van der Waals surface area contributed by atoms with E-state index in [0.29, 0.717) is 11.1 Å². The molecule has 1 atom stereocenters. The first-order valence-electron chi connectivity index (χ1n) is 7.33. The summed E-state index contributed by atoms with van der Waals surface area (Å²) < 4.78 is 3.93. The molecule has 3 nitrogen and oxygen atoms in total. The molecule has 0 aliphatic heterocycles. The van der Waals surface area contributed by atoms with Gasteiger partial charge in [0.2, 0.25) is 4.32 Å². The third-order valence-corrected chi connectivity index (χ3v) is 4.34. The molecular formula is C19H19BrO3. The molecule has 4 heteroatoms. The molecule has 1 unspecified atom stereocenters. The fourth-order valence-corrected chi connectivity index (χ4v) is 2.72. The summed E-state index contributed by atoms with van der Waals surface area (Å²) in [6, 6.07) is 17.6. The monoisotopic (exact) mass is 374 g/mol. The quantitative estimate of drug-likeness (QED) is 0.342.